The summed E-state index contributed by atoms with van der Waals surface area (Å²) in [6.07, 6.45) is 4.54. The average molecular weight is 222 g/mol. The van der Waals surface area contributed by atoms with Gasteiger partial charge in [0.2, 0.25) is 0 Å². The minimum Gasteiger partial charge on any atom is -0.375 e. The lowest BCUT2D eigenvalue weighted by molar-refractivity contribution is 0.000738. The number of ether oxygens (including phenoxy) is 2. The van der Waals surface area contributed by atoms with Gasteiger partial charge in [0.1, 0.15) is 0 Å². The first kappa shape index (κ1) is 13.9. The second-order valence-corrected chi connectivity index (χ2v) is 3.20. The van der Waals surface area contributed by atoms with Gasteiger partial charge in [-0.1, -0.05) is 6.08 Å². The van der Waals surface area contributed by atoms with Gasteiger partial charge < -0.3 is 14.8 Å². The Balaban J connectivity index is 0.00000169. The Morgan fingerprint density at radius 2 is 2.29 bits per heavy atom. The zero-order valence-corrected chi connectivity index (χ0v) is 9.35. The van der Waals surface area contributed by atoms with Crippen LogP contribution in [0, 0.1) is 0 Å². The summed E-state index contributed by atoms with van der Waals surface area (Å²) in [7, 11) is 0. The molecule has 1 aliphatic rings. The molecule has 84 valence electrons. The molecule has 0 radical (unpaired) electrons. The molecule has 1 unspecified atom stereocenters. The van der Waals surface area contributed by atoms with Crippen LogP contribution in [0.4, 0.5) is 0 Å². The van der Waals surface area contributed by atoms with Crippen LogP contribution < -0.4 is 5.32 Å². The van der Waals surface area contributed by atoms with E-state index in [1.165, 1.54) is 12.8 Å². The summed E-state index contributed by atoms with van der Waals surface area (Å²) < 4.78 is 10.8. The summed E-state index contributed by atoms with van der Waals surface area (Å²) in [5.41, 5.74) is 0. The van der Waals surface area contributed by atoms with Crippen molar-refractivity contribution in [2.45, 2.75) is 18.9 Å². The SMILES string of the molecule is C=CCOCCOC1CCCNC1.Cl. The largest absolute Gasteiger partial charge is 0.375 e. The maximum atomic E-state index is 5.61. The van der Waals surface area contributed by atoms with E-state index in [9.17, 15) is 0 Å². The van der Waals surface area contributed by atoms with Gasteiger partial charge in [0.15, 0.2) is 0 Å². The Bertz CT molecular complexity index is 138. The van der Waals surface area contributed by atoms with Gasteiger partial charge in [-0.15, -0.1) is 19.0 Å². The molecule has 0 aliphatic carbocycles. The summed E-state index contributed by atoms with van der Waals surface area (Å²) in [6, 6.07) is 0. The van der Waals surface area contributed by atoms with Crippen LogP contribution in [0.15, 0.2) is 12.7 Å². The van der Waals surface area contributed by atoms with Crippen molar-refractivity contribution in [1.82, 2.24) is 5.32 Å². The van der Waals surface area contributed by atoms with E-state index in [1.54, 1.807) is 6.08 Å². The van der Waals surface area contributed by atoms with Crippen molar-refractivity contribution in [3.05, 3.63) is 12.7 Å². The van der Waals surface area contributed by atoms with Crippen molar-refractivity contribution in [3.63, 3.8) is 0 Å². The number of hydrogen-bond donors (Lipinski definition) is 1. The lowest BCUT2D eigenvalue weighted by atomic mass is 10.1. The zero-order valence-electron chi connectivity index (χ0n) is 8.54. The first-order valence-electron chi connectivity index (χ1n) is 4.94. The first-order valence-corrected chi connectivity index (χ1v) is 4.94. The van der Waals surface area contributed by atoms with Crippen LogP contribution in [0.5, 0.6) is 0 Å². The maximum absolute atomic E-state index is 5.61. The van der Waals surface area contributed by atoms with E-state index in [1.807, 2.05) is 0 Å². The van der Waals surface area contributed by atoms with Crippen molar-refractivity contribution in [3.8, 4) is 0 Å². The van der Waals surface area contributed by atoms with Crippen molar-refractivity contribution >= 4 is 12.4 Å². The Hall–Kier alpha value is -0.0900. The van der Waals surface area contributed by atoms with Gasteiger partial charge in [-0.25, -0.2) is 0 Å². The van der Waals surface area contributed by atoms with Gasteiger partial charge in [0, 0.05) is 6.54 Å². The van der Waals surface area contributed by atoms with Crippen molar-refractivity contribution < 1.29 is 9.47 Å². The molecule has 1 saturated heterocycles. The molecule has 3 nitrogen and oxygen atoms in total. The van der Waals surface area contributed by atoms with Gasteiger partial charge in [0.25, 0.3) is 0 Å². The van der Waals surface area contributed by atoms with Crippen molar-refractivity contribution in [2.24, 2.45) is 0 Å². The molecule has 0 spiro atoms. The smallest absolute Gasteiger partial charge is 0.0705 e. The number of hydrogen-bond acceptors (Lipinski definition) is 3. The zero-order chi connectivity index (χ0) is 9.36. The predicted octanol–water partition coefficient (Wildman–Crippen LogP) is 1.38. The molecule has 14 heavy (non-hydrogen) atoms. The number of rotatable bonds is 6. The van der Waals surface area contributed by atoms with Gasteiger partial charge in [-0.05, 0) is 19.4 Å². The molecular weight excluding hydrogens is 202 g/mol. The molecule has 1 fully saturated rings. The Morgan fingerprint density at radius 3 is 2.93 bits per heavy atom. The highest BCUT2D eigenvalue weighted by Crippen LogP contribution is 2.05. The Morgan fingerprint density at radius 1 is 1.43 bits per heavy atom. The minimum atomic E-state index is 0. The third-order valence-electron chi connectivity index (χ3n) is 2.07. The van der Waals surface area contributed by atoms with E-state index < -0.39 is 0 Å². The summed E-state index contributed by atoms with van der Waals surface area (Å²) in [6.45, 7) is 7.67. The third-order valence-corrected chi connectivity index (χ3v) is 2.07. The lowest BCUT2D eigenvalue weighted by Crippen LogP contribution is -2.35. The van der Waals surface area contributed by atoms with E-state index >= 15 is 0 Å². The predicted molar refractivity (Wildman–Crippen MR) is 60.1 cm³/mol. The summed E-state index contributed by atoms with van der Waals surface area (Å²) in [5.74, 6) is 0. The van der Waals surface area contributed by atoms with Crippen LogP contribution >= 0.6 is 12.4 Å². The standard InChI is InChI=1S/C10H19NO2.ClH/c1-2-6-12-7-8-13-10-4-3-5-11-9-10;/h2,10-11H,1,3-9H2;1H. The highest BCUT2D eigenvalue weighted by atomic mass is 35.5. The second kappa shape index (κ2) is 9.46. The molecule has 1 aliphatic heterocycles. The van der Waals surface area contributed by atoms with E-state index in [0.29, 0.717) is 25.9 Å². The summed E-state index contributed by atoms with van der Waals surface area (Å²) >= 11 is 0. The molecule has 1 rings (SSSR count). The fourth-order valence-corrected chi connectivity index (χ4v) is 1.40. The average Bonchev–Trinajstić information content (AvgIpc) is 2.19. The molecule has 0 bridgehead atoms. The number of halogens is 1. The van der Waals surface area contributed by atoms with Gasteiger partial charge >= 0.3 is 0 Å². The van der Waals surface area contributed by atoms with Crippen LogP contribution in [0.3, 0.4) is 0 Å². The van der Waals surface area contributed by atoms with Crippen molar-refractivity contribution in [2.75, 3.05) is 32.9 Å². The molecule has 1 N–H and O–H groups in total. The fourth-order valence-electron chi connectivity index (χ4n) is 1.40. The molecule has 1 heterocycles. The first-order chi connectivity index (χ1) is 6.43. The molecule has 0 aromatic rings. The molecule has 0 aromatic heterocycles. The van der Waals surface area contributed by atoms with Crippen LogP contribution in [-0.4, -0.2) is 39.0 Å². The second-order valence-electron chi connectivity index (χ2n) is 3.20. The highest BCUT2D eigenvalue weighted by Gasteiger charge is 2.12. The van der Waals surface area contributed by atoms with Crippen LogP contribution in [0.2, 0.25) is 0 Å². The highest BCUT2D eigenvalue weighted by molar-refractivity contribution is 5.85. The fraction of sp³-hybridized carbons (Fsp3) is 0.800. The quantitative estimate of drug-likeness (QED) is 0.543. The topological polar surface area (TPSA) is 30.5 Å². The minimum absolute atomic E-state index is 0. The molecule has 1 atom stereocenters. The van der Waals surface area contributed by atoms with E-state index in [-0.39, 0.29) is 12.4 Å². The number of piperidine rings is 1. The van der Waals surface area contributed by atoms with Gasteiger partial charge in [-0.3, -0.25) is 0 Å². The number of nitrogens with one attached hydrogen (secondary N) is 1. The van der Waals surface area contributed by atoms with Crippen LogP contribution in [0.25, 0.3) is 0 Å². The Kier molecular flexibility index (Phi) is 9.40. The molecule has 0 saturated carbocycles. The maximum Gasteiger partial charge on any atom is 0.0705 e. The van der Waals surface area contributed by atoms with Gasteiger partial charge in [0.05, 0.1) is 25.9 Å². The monoisotopic (exact) mass is 221 g/mol. The molecule has 4 heteroatoms. The van der Waals surface area contributed by atoms with E-state index in [0.717, 1.165) is 13.1 Å². The molecule has 0 aromatic carbocycles. The van der Waals surface area contributed by atoms with E-state index in [2.05, 4.69) is 11.9 Å². The third kappa shape index (κ3) is 6.38. The summed E-state index contributed by atoms with van der Waals surface area (Å²) in [5, 5.41) is 3.30. The Labute approximate surface area is 92.3 Å². The van der Waals surface area contributed by atoms with E-state index in [4.69, 9.17) is 9.47 Å². The van der Waals surface area contributed by atoms with Crippen molar-refractivity contribution in [1.29, 1.82) is 0 Å². The van der Waals surface area contributed by atoms with Crippen LogP contribution in [-0.2, 0) is 9.47 Å². The molecule has 0 amide bonds. The van der Waals surface area contributed by atoms with Crippen LogP contribution in [0.1, 0.15) is 12.8 Å². The molecular formula is C10H20ClNO2. The normalized spacial score (nSPS) is 21.3. The summed E-state index contributed by atoms with van der Waals surface area (Å²) in [4.78, 5) is 0. The van der Waals surface area contributed by atoms with Gasteiger partial charge in [-0.2, -0.15) is 0 Å². The lowest BCUT2D eigenvalue weighted by Gasteiger charge is -2.22.